The Labute approximate surface area is 560 Å². The Balaban J connectivity index is 0.810. The summed E-state index contributed by atoms with van der Waals surface area (Å²) in [6, 6.07) is 43.9. The van der Waals surface area contributed by atoms with Crippen molar-refractivity contribution in [3.63, 3.8) is 0 Å². The van der Waals surface area contributed by atoms with Gasteiger partial charge in [0.25, 0.3) is 0 Å². The second-order valence-electron chi connectivity index (χ2n) is 26.7. The predicted molar refractivity (Wildman–Crippen MR) is 366 cm³/mol. The standard InChI is InChI=1S/C77H82N8O12/c78-62(32-48-34-82-64-23-11-7-19-54(48)64)74(88)92-40-52-30-50(38-94-76(90)70(80)58-36-84-66-25-13-9-21-56(58)66)60(42-96-72(86)44-15-3-1-4-16-44)68(52)46-27-28-47(29-46)69-53(41-93-75(89)63(79)33-49-35-83-65-24-12-8-20-55(49)65)31-51(61(69)43-97-73(87)45-17-5-2-6-18-45)39-95-77(91)71(81)59-37-85-67-26-14-10-22-57(59)67/h1-26,34-37,46-47,50-53,60-63,68-71,82-85H,27-33,38-43,78-81H2/t46?,47?,50?,51?,52?,53?,60?,61?,62?,63?,68-,69+,70?,71?. The lowest BCUT2D eigenvalue weighted by atomic mass is 9.73. The zero-order valence-corrected chi connectivity index (χ0v) is 53.8. The predicted octanol–water partition coefficient (Wildman–Crippen LogP) is 10.5. The van der Waals surface area contributed by atoms with Gasteiger partial charge in [-0.05, 0) is 139 Å². The minimum Gasteiger partial charge on any atom is -0.464 e. The van der Waals surface area contributed by atoms with Crippen LogP contribution in [0, 0.1) is 59.2 Å². The quantitative estimate of drug-likeness (QED) is 0.0184. The van der Waals surface area contributed by atoms with Crippen molar-refractivity contribution in [2.24, 2.45) is 82.1 Å². The van der Waals surface area contributed by atoms with Gasteiger partial charge in [0.15, 0.2) is 0 Å². The molecule has 97 heavy (non-hydrogen) atoms. The number of para-hydroxylation sites is 4. The highest BCUT2D eigenvalue weighted by Crippen LogP contribution is 2.57. The van der Waals surface area contributed by atoms with E-state index in [2.05, 4.69) is 19.9 Å². The van der Waals surface area contributed by atoms with Gasteiger partial charge in [-0.1, -0.05) is 109 Å². The molecule has 6 aromatic carbocycles. The number of nitrogens with two attached hydrogens (primary N) is 4. The maximum Gasteiger partial charge on any atom is 0.338 e. The molecule has 3 saturated carbocycles. The Hall–Kier alpha value is -9.86. The first-order chi connectivity index (χ1) is 47.2. The summed E-state index contributed by atoms with van der Waals surface area (Å²) in [4.78, 5) is 97.9. The summed E-state index contributed by atoms with van der Waals surface area (Å²) in [6.07, 6.45) is 10.4. The number of benzene rings is 6. The third-order valence-electron chi connectivity index (χ3n) is 20.9. The Morgan fingerprint density at radius 1 is 0.361 bits per heavy atom. The minimum atomic E-state index is -1.12. The number of hydrogen-bond acceptors (Lipinski definition) is 16. The number of carbonyl (C=O) groups excluding carboxylic acids is 6. The lowest BCUT2D eigenvalue weighted by Gasteiger charge is -2.34. The van der Waals surface area contributed by atoms with E-state index < -0.39 is 83.7 Å². The van der Waals surface area contributed by atoms with Crippen LogP contribution in [0.1, 0.15) is 87.2 Å². The SMILES string of the molecule is NC(Cc1c[nH]c2ccccc12)C(=O)OCC1CC(COC(=O)C(N)c2c[nH]c3ccccc23)C(COC(=O)c2ccccc2)[C@H]1C1CCC([C@@H]2C(COC(=O)C(N)Cc3c[nH]c4ccccc34)CC(COC(=O)C(N)c3c[nH]c4ccccc34)C2COC(=O)c2ccccc2)C1. The van der Waals surface area contributed by atoms with Gasteiger partial charge in [-0.15, -0.1) is 0 Å². The van der Waals surface area contributed by atoms with E-state index in [1.54, 1.807) is 60.9 Å². The zero-order valence-electron chi connectivity index (χ0n) is 53.8. The van der Waals surface area contributed by atoms with Crippen molar-refractivity contribution in [1.29, 1.82) is 0 Å². The van der Waals surface area contributed by atoms with Gasteiger partial charge < -0.3 is 71.3 Å². The van der Waals surface area contributed by atoms with Gasteiger partial charge >= 0.3 is 35.8 Å². The van der Waals surface area contributed by atoms with E-state index in [9.17, 15) is 28.8 Å². The zero-order chi connectivity index (χ0) is 67.1. The van der Waals surface area contributed by atoms with Crippen molar-refractivity contribution < 1.29 is 57.2 Å². The fraction of sp³-hybridized carbons (Fsp3) is 0.351. The summed E-state index contributed by atoms with van der Waals surface area (Å²) < 4.78 is 37.7. The molecule has 4 aromatic heterocycles. The number of esters is 6. The monoisotopic (exact) mass is 1310 g/mol. The number of carbonyl (C=O) groups is 6. The van der Waals surface area contributed by atoms with Gasteiger partial charge in [0, 0.05) is 104 Å². The number of ether oxygens (including phenoxy) is 6. The lowest BCUT2D eigenvalue weighted by molar-refractivity contribution is -0.148. The Kier molecular flexibility index (Phi) is 20.1. The van der Waals surface area contributed by atoms with Crippen molar-refractivity contribution in [3.8, 4) is 0 Å². The molecule has 3 aliphatic carbocycles. The van der Waals surface area contributed by atoms with Crippen molar-refractivity contribution >= 4 is 79.4 Å². The second kappa shape index (κ2) is 29.6. The molecule has 0 radical (unpaired) electrons. The summed E-state index contributed by atoms with van der Waals surface area (Å²) in [5, 5.41) is 3.49. The van der Waals surface area contributed by atoms with Gasteiger partial charge in [-0.25, -0.2) is 19.2 Å². The molecule has 0 aliphatic heterocycles. The first-order valence-electron chi connectivity index (χ1n) is 33.6. The molecule has 3 aliphatic rings. The molecule has 20 heteroatoms. The van der Waals surface area contributed by atoms with Crippen LogP contribution >= 0.6 is 0 Å². The second-order valence-corrected chi connectivity index (χ2v) is 26.7. The van der Waals surface area contributed by atoms with E-state index in [1.807, 2.05) is 122 Å². The van der Waals surface area contributed by atoms with E-state index in [1.165, 1.54) is 0 Å². The number of H-pyrrole nitrogens is 4. The van der Waals surface area contributed by atoms with E-state index in [0.717, 1.165) is 54.7 Å². The fourth-order valence-corrected chi connectivity index (χ4v) is 16.2. The van der Waals surface area contributed by atoms with Crippen LogP contribution in [0.15, 0.2) is 183 Å². The maximum absolute atomic E-state index is 14.2. The molecule has 0 spiro atoms. The number of hydrogen-bond donors (Lipinski definition) is 8. The fourth-order valence-electron chi connectivity index (χ4n) is 16.2. The third-order valence-corrected chi connectivity index (χ3v) is 20.9. The van der Waals surface area contributed by atoms with Crippen LogP contribution in [-0.2, 0) is 60.4 Å². The number of nitrogens with one attached hydrogen (secondary N) is 4. The van der Waals surface area contributed by atoms with Gasteiger partial charge in [0.2, 0.25) is 0 Å². The minimum absolute atomic E-state index is 0.0261. The van der Waals surface area contributed by atoms with Gasteiger partial charge in [-0.2, -0.15) is 0 Å². The topological polar surface area (TPSA) is 325 Å². The highest BCUT2D eigenvalue weighted by molar-refractivity contribution is 5.92. The van der Waals surface area contributed by atoms with Crippen LogP contribution in [0.25, 0.3) is 43.6 Å². The van der Waals surface area contributed by atoms with Crippen molar-refractivity contribution in [1.82, 2.24) is 19.9 Å². The van der Waals surface area contributed by atoms with Crippen LogP contribution in [0.5, 0.6) is 0 Å². The summed E-state index contributed by atoms with van der Waals surface area (Å²) >= 11 is 0. The lowest BCUT2D eigenvalue weighted by Crippen LogP contribution is -2.37. The molecular formula is C77H82N8O12. The molecule has 4 heterocycles. The highest BCUT2D eigenvalue weighted by Gasteiger charge is 2.54. The van der Waals surface area contributed by atoms with Crippen LogP contribution < -0.4 is 22.9 Å². The van der Waals surface area contributed by atoms with Crippen LogP contribution in [0.3, 0.4) is 0 Å². The number of aromatic nitrogens is 4. The molecule has 0 saturated heterocycles. The Morgan fingerprint density at radius 3 is 1.09 bits per heavy atom. The van der Waals surface area contributed by atoms with Crippen LogP contribution in [0.2, 0.25) is 0 Å². The van der Waals surface area contributed by atoms with Crippen molar-refractivity contribution in [2.75, 3.05) is 39.6 Å². The Bertz CT molecular complexity index is 4130. The summed E-state index contributed by atoms with van der Waals surface area (Å²) in [5.74, 6) is -6.56. The summed E-state index contributed by atoms with van der Waals surface area (Å²) in [6.45, 7) is -0.292. The first kappa shape index (κ1) is 65.8. The van der Waals surface area contributed by atoms with Crippen LogP contribution in [0.4, 0.5) is 0 Å². The smallest absolute Gasteiger partial charge is 0.338 e. The number of aromatic amines is 4. The molecule has 0 bridgehead atoms. The number of fused-ring (bicyclic) bond motifs is 4. The largest absolute Gasteiger partial charge is 0.464 e. The average molecular weight is 1310 g/mol. The average Bonchev–Trinajstić information content (AvgIpc) is 1.62. The summed E-state index contributed by atoms with van der Waals surface area (Å²) in [5.41, 5.74) is 33.9. The van der Waals surface area contributed by atoms with Crippen molar-refractivity contribution in [2.45, 2.75) is 69.1 Å². The van der Waals surface area contributed by atoms with E-state index in [4.69, 9.17) is 51.4 Å². The third kappa shape index (κ3) is 14.5. The van der Waals surface area contributed by atoms with Gasteiger partial charge in [0.1, 0.15) is 24.2 Å². The van der Waals surface area contributed by atoms with Crippen LogP contribution in [-0.4, -0.2) is 107 Å². The van der Waals surface area contributed by atoms with E-state index in [-0.39, 0.29) is 88.0 Å². The normalized spacial score (nSPS) is 22.8. The highest BCUT2D eigenvalue weighted by atomic mass is 16.6. The van der Waals surface area contributed by atoms with Gasteiger partial charge in [0.05, 0.1) is 50.8 Å². The molecule has 12 unspecified atom stereocenters. The molecular weight excluding hydrogens is 1230 g/mol. The molecule has 13 rings (SSSR count). The molecule has 3 fully saturated rings. The molecule has 502 valence electrons. The Morgan fingerprint density at radius 2 is 0.691 bits per heavy atom. The van der Waals surface area contributed by atoms with E-state index >= 15 is 0 Å². The molecule has 0 amide bonds. The number of rotatable bonds is 26. The molecule has 14 atom stereocenters. The summed E-state index contributed by atoms with van der Waals surface area (Å²) in [7, 11) is 0. The van der Waals surface area contributed by atoms with Gasteiger partial charge in [-0.3, -0.25) is 9.59 Å². The van der Waals surface area contributed by atoms with Crippen molar-refractivity contribution in [3.05, 3.63) is 216 Å². The maximum atomic E-state index is 14.2. The first-order valence-corrected chi connectivity index (χ1v) is 33.6. The molecule has 12 N–H and O–H groups in total. The van der Waals surface area contributed by atoms with E-state index in [0.29, 0.717) is 54.4 Å². The molecule has 10 aromatic rings. The molecule has 20 nitrogen and oxygen atoms in total.